The second-order valence-electron chi connectivity index (χ2n) is 5.26. The minimum absolute atomic E-state index is 0.0963. The van der Waals surface area contributed by atoms with Gasteiger partial charge in [0.1, 0.15) is 0 Å². The number of fused-ring (bicyclic) bond motifs is 2. The van der Waals surface area contributed by atoms with E-state index >= 15 is 0 Å². The molecule has 2 saturated carbocycles. The van der Waals surface area contributed by atoms with Crippen LogP contribution in [0.2, 0.25) is 0 Å². The number of carbonyl (C=O) groups is 1. The van der Waals surface area contributed by atoms with Crippen molar-refractivity contribution in [3.63, 3.8) is 0 Å². The molecule has 3 heteroatoms. The summed E-state index contributed by atoms with van der Waals surface area (Å²) in [5, 5.41) is 3.20. The van der Waals surface area contributed by atoms with Crippen LogP contribution in [0, 0.1) is 15.4 Å². The Labute approximate surface area is 115 Å². The fourth-order valence-corrected chi connectivity index (χ4v) is 3.63. The van der Waals surface area contributed by atoms with E-state index in [0.717, 1.165) is 17.4 Å². The highest BCUT2D eigenvalue weighted by atomic mass is 127. The van der Waals surface area contributed by atoms with E-state index in [1.165, 1.54) is 29.3 Å². The molecular weight excluding hydrogens is 325 g/mol. The molecule has 0 saturated heterocycles. The van der Waals surface area contributed by atoms with Crippen LogP contribution in [-0.2, 0) is 0 Å². The third-order valence-corrected chi connectivity index (χ3v) is 4.88. The summed E-state index contributed by atoms with van der Waals surface area (Å²) in [6, 6.07) is 8.21. The molecule has 3 rings (SSSR count). The summed E-state index contributed by atoms with van der Waals surface area (Å²) in [5.41, 5.74) is 0.785. The van der Waals surface area contributed by atoms with Crippen LogP contribution >= 0.6 is 22.6 Å². The van der Waals surface area contributed by atoms with Crippen molar-refractivity contribution in [1.82, 2.24) is 5.32 Å². The molecule has 2 fully saturated rings. The van der Waals surface area contributed by atoms with Gasteiger partial charge in [-0.25, -0.2) is 0 Å². The van der Waals surface area contributed by atoms with E-state index in [0.29, 0.717) is 6.04 Å². The third-order valence-electron chi connectivity index (χ3n) is 4.16. The molecule has 0 heterocycles. The predicted molar refractivity (Wildman–Crippen MR) is 75.9 cm³/mol. The lowest BCUT2D eigenvalue weighted by Gasteiger charge is -2.22. The standard InChI is InChI=1S/C14H16INO/c15-12-5-3-10(4-6-12)14(17)16-13-8-9-1-2-11(13)7-9/h3-6,9,11,13H,1-2,7-8H2,(H,16,17)/t9-,11-,13-/m0/s1. The predicted octanol–water partition coefficient (Wildman–Crippen LogP) is 3.21. The van der Waals surface area contributed by atoms with E-state index in [4.69, 9.17) is 0 Å². The smallest absolute Gasteiger partial charge is 0.251 e. The zero-order valence-corrected chi connectivity index (χ0v) is 11.8. The van der Waals surface area contributed by atoms with E-state index in [1.807, 2.05) is 24.3 Å². The summed E-state index contributed by atoms with van der Waals surface area (Å²) in [6.07, 6.45) is 5.21. The molecule has 0 unspecified atom stereocenters. The third kappa shape index (κ3) is 2.34. The van der Waals surface area contributed by atoms with Crippen LogP contribution < -0.4 is 5.32 Å². The Morgan fingerprint density at radius 3 is 2.53 bits per heavy atom. The van der Waals surface area contributed by atoms with Crippen molar-refractivity contribution >= 4 is 28.5 Å². The second kappa shape index (κ2) is 4.59. The van der Waals surface area contributed by atoms with Crippen molar-refractivity contribution in [3.8, 4) is 0 Å². The van der Waals surface area contributed by atoms with Crippen LogP contribution in [0.1, 0.15) is 36.0 Å². The van der Waals surface area contributed by atoms with E-state index in [9.17, 15) is 4.79 Å². The molecule has 0 aliphatic heterocycles. The normalized spacial score (nSPS) is 30.5. The molecule has 3 atom stereocenters. The van der Waals surface area contributed by atoms with Gasteiger partial charge in [-0.15, -0.1) is 0 Å². The average molecular weight is 341 g/mol. The number of halogens is 1. The summed E-state index contributed by atoms with van der Waals surface area (Å²) < 4.78 is 1.17. The van der Waals surface area contributed by atoms with Gasteiger partial charge in [0.05, 0.1) is 0 Å². The van der Waals surface area contributed by atoms with Gasteiger partial charge in [-0.3, -0.25) is 4.79 Å². The largest absolute Gasteiger partial charge is 0.349 e. The Kier molecular flexibility index (Phi) is 3.11. The number of nitrogens with one attached hydrogen (secondary N) is 1. The van der Waals surface area contributed by atoms with E-state index in [2.05, 4.69) is 27.9 Å². The van der Waals surface area contributed by atoms with Gasteiger partial charge in [-0.05, 0) is 78.0 Å². The zero-order valence-electron chi connectivity index (χ0n) is 9.66. The molecule has 2 aliphatic rings. The molecule has 17 heavy (non-hydrogen) atoms. The number of hydrogen-bond acceptors (Lipinski definition) is 1. The monoisotopic (exact) mass is 341 g/mol. The maximum atomic E-state index is 12.1. The first-order valence-corrected chi connectivity index (χ1v) is 7.36. The Bertz CT molecular complexity index is 428. The molecule has 1 amide bonds. The molecular formula is C14H16INO. The first kappa shape index (κ1) is 11.5. The summed E-state index contributed by atoms with van der Waals surface area (Å²) >= 11 is 2.25. The van der Waals surface area contributed by atoms with Crippen LogP contribution in [0.4, 0.5) is 0 Å². The maximum absolute atomic E-state index is 12.1. The molecule has 2 nitrogen and oxygen atoms in total. The Balaban J connectivity index is 1.65. The summed E-state index contributed by atoms with van der Waals surface area (Å²) in [6.45, 7) is 0. The summed E-state index contributed by atoms with van der Waals surface area (Å²) in [7, 11) is 0. The first-order valence-electron chi connectivity index (χ1n) is 6.29. The highest BCUT2D eigenvalue weighted by Crippen LogP contribution is 2.44. The van der Waals surface area contributed by atoms with Gasteiger partial charge in [-0.1, -0.05) is 6.42 Å². The number of benzene rings is 1. The molecule has 2 bridgehead atoms. The SMILES string of the molecule is O=C(N[C@H]1C[C@H]2CC[C@H]1C2)c1ccc(I)cc1. The van der Waals surface area contributed by atoms with Crippen molar-refractivity contribution in [3.05, 3.63) is 33.4 Å². The van der Waals surface area contributed by atoms with Gasteiger partial charge in [0.2, 0.25) is 0 Å². The number of carbonyl (C=O) groups excluding carboxylic acids is 1. The minimum atomic E-state index is 0.0963. The summed E-state index contributed by atoms with van der Waals surface area (Å²) in [4.78, 5) is 12.1. The average Bonchev–Trinajstić information content (AvgIpc) is 2.91. The Morgan fingerprint density at radius 1 is 1.18 bits per heavy atom. The van der Waals surface area contributed by atoms with Crippen LogP contribution in [0.15, 0.2) is 24.3 Å². The van der Waals surface area contributed by atoms with Crippen LogP contribution in [0.3, 0.4) is 0 Å². The second-order valence-corrected chi connectivity index (χ2v) is 6.51. The lowest BCUT2D eigenvalue weighted by atomic mass is 9.95. The molecule has 1 aromatic rings. The zero-order chi connectivity index (χ0) is 11.8. The molecule has 0 aromatic heterocycles. The highest BCUT2D eigenvalue weighted by Gasteiger charge is 2.40. The molecule has 1 N–H and O–H groups in total. The number of amides is 1. The minimum Gasteiger partial charge on any atom is -0.349 e. The van der Waals surface area contributed by atoms with Gasteiger partial charge in [0.25, 0.3) is 5.91 Å². The molecule has 0 radical (unpaired) electrons. The van der Waals surface area contributed by atoms with E-state index in [-0.39, 0.29) is 5.91 Å². The number of hydrogen-bond donors (Lipinski definition) is 1. The van der Waals surface area contributed by atoms with Crippen molar-refractivity contribution in [2.45, 2.75) is 31.7 Å². The molecule has 2 aliphatic carbocycles. The molecule has 0 spiro atoms. The Hall–Kier alpha value is -0.580. The maximum Gasteiger partial charge on any atom is 0.251 e. The van der Waals surface area contributed by atoms with E-state index in [1.54, 1.807) is 0 Å². The lowest BCUT2D eigenvalue weighted by Crippen LogP contribution is -2.38. The fourth-order valence-electron chi connectivity index (χ4n) is 3.27. The van der Waals surface area contributed by atoms with Gasteiger partial charge >= 0.3 is 0 Å². The van der Waals surface area contributed by atoms with Gasteiger partial charge in [0.15, 0.2) is 0 Å². The fraction of sp³-hybridized carbons (Fsp3) is 0.500. The quantitative estimate of drug-likeness (QED) is 0.823. The van der Waals surface area contributed by atoms with Gasteiger partial charge in [-0.2, -0.15) is 0 Å². The van der Waals surface area contributed by atoms with Crippen molar-refractivity contribution in [2.75, 3.05) is 0 Å². The van der Waals surface area contributed by atoms with Gasteiger partial charge < -0.3 is 5.32 Å². The van der Waals surface area contributed by atoms with E-state index < -0.39 is 0 Å². The van der Waals surface area contributed by atoms with Crippen molar-refractivity contribution in [2.24, 2.45) is 11.8 Å². The van der Waals surface area contributed by atoms with Crippen molar-refractivity contribution in [1.29, 1.82) is 0 Å². The van der Waals surface area contributed by atoms with Crippen molar-refractivity contribution < 1.29 is 4.79 Å². The Morgan fingerprint density at radius 2 is 1.94 bits per heavy atom. The highest BCUT2D eigenvalue weighted by molar-refractivity contribution is 14.1. The van der Waals surface area contributed by atoms with Gasteiger partial charge in [0, 0.05) is 15.2 Å². The number of rotatable bonds is 2. The lowest BCUT2D eigenvalue weighted by molar-refractivity contribution is 0.0923. The summed E-state index contributed by atoms with van der Waals surface area (Å²) in [5.74, 6) is 1.72. The molecule has 1 aromatic carbocycles. The topological polar surface area (TPSA) is 29.1 Å². The van der Waals surface area contributed by atoms with Crippen LogP contribution in [0.5, 0.6) is 0 Å². The van der Waals surface area contributed by atoms with Crippen LogP contribution in [0.25, 0.3) is 0 Å². The van der Waals surface area contributed by atoms with Crippen LogP contribution in [-0.4, -0.2) is 11.9 Å². The molecule has 90 valence electrons. The first-order chi connectivity index (χ1) is 8.22.